The highest BCUT2D eigenvalue weighted by molar-refractivity contribution is 7.98. The Labute approximate surface area is 150 Å². The molecule has 0 aliphatic heterocycles. The molecule has 0 radical (unpaired) electrons. The molecule has 0 saturated heterocycles. The normalized spacial score (nSPS) is 10.1. The van der Waals surface area contributed by atoms with Crippen LogP contribution in [0.25, 0.3) is 0 Å². The number of benzene rings is 2. The monoisotopic (exact) mass is 364 g/mol. The zero-order valence-corrected chi connectivity index (χ0v) is 15.2. The molecule has 2 aromatic carbocycles. The van der Waals surface area contributed by atoms with Gasteiger partial charge < -0.3 is 9.47 Å². The fourth-order valence-corrected chi connectivity index (χ4v) is 3.18. The number of hydrogen-bond donors (Lipinski definition) is 2. The summed E-state index contributed by atoms with van der Waals surface area (Å²) in [6.45, 7) is 0. The third-order valence-electron chi connectivity index (χ3n) is 3.08. The van der Waals surface area contributed by atoms with Crippen LogP contribution in [0.2, 0.25) is 0 Å². The van der Waals surface area contributed by atoms with Gasteiger partial charge in [0.2, 0.25) is 0 Å². The van der Waals surface area contributed by atoms with Gasteiger partial charge in [0.25, 0.3) is 0 Å². The SMILES string of the molecule is COc1cccc(CSNC(=O)NSCc2cccc(OC)c2)c1. The van der Waals surface area contributed by atoms with Crippen LogP contribution in [0.4, 0.5) is 4.79 Å². The number of hydrogen-bond acceptors (Lipinski definition) is 5. The smallest absolute Gasteiger partial charge is 0.334 e. The van der Waals surface area contributed by atoms with Gasteiger partial charge in [-0.3, -0.25) is 9.44 Å². The summed E-state index contributed by atoms with van der Waals surface area (Å²) >= 11 is 2.67. The Kier molecular flexibility index (Phi) is 7.64. The number of carbonyl (C=O) groups is 1. The Morgan fingerprint density at radius 3 is 1.75 bits per heavy atom. The lowest BCUT2D eigenvalue weighted by molar-refractivity contribution is 0.252. The Hall–Kier alpha value is -1.99. The molecule has 0 aliphatic carbocycles. The first-order chi connectivity index (χ1) is 11.7. The molecule has 0 aromatic heterocycles. The third-order valence-corrected chi connectivity index (χ3v) is 4.69. The molecule has 0 saturated carbocycles. The summed E-state index contributed by atoms with van der Waals surface area (Å²) in [7, 11) is 3.27. The van der Waals surface area contributed by atoms with E-state index in [0.29, 0.717) is 11.5 Å². The fourth-order valence-electron chi connectivity index (χ4n) is 1.92. The maximum absolute atomic E-state index is 11.8. The van der Waals surface area contributed by atoms with E-state index in [2.05, 4.69) is 9.44 Å². The molecule has 0 heterocycles. The van der Waals surface area contributed by atoms with Crippen molar-refractivity contribution in [1.29, 1.82) is 0 Å². The van der Waals surface area contributed by atoms with E-state index in [1.165, 1.54) is 23.9 Å². The molecule has 0 atom stereocenters. The molecule has 2 rings (SSSR count). The van der Waals surface area contributed by atoms with Crippen LogP contribution in [0.5, 0.6) is 11.5 Å². The van der Waals surface area contributed by atoms with Crippen LogP contribution in [0.15, 0.2) is 48.5 Å². The standard InChI is InChI=1S/C17H20N2O3S2/c1-21-15-7-3-5-13(9-15)11-23-18-17(20)19-24-12-14-6-4-8-16(10-14)22-2/h3-10H,11-12H2,1-2H3,(H2,18,19,20). The van der Waals surface area contributed by atoms with Gasteiger partial charge in [-0.1, -0.05) is 24.3 Å². The number of carbonyl (C=O) groups excluding carboxylic acids is 1. The van der Waals surface area contributed by atoms with Crippen LogP contribution in [-0.2, 0) is 11.5 Å². The van der Waals surface area contributed by atoms with Crippen LogP contribution in [0, 0.1) is 0 Å². The van der Waals surface area contributed by atoms with Gasteiger partial charge in [0.15, 0.2) is 0 Å². The molecule has 2 aromatic rings. The molecule has 0 bridgehead atoms. The van der Waals surface area contributed by atoms with Crippen LogP contribution >= 0.6 is 23.9 Å². The minimum atomic E-state index is -0.226. The summed E-state index contributed by atoms with van der Waals surface area (Å²) in [5.41, 5.74) is 2.17. The van der Waals surface area contributed by atoms with E-state index in [0.717, 1.165) is 22.6 Å². The molecular formula is C17H20N2O3S2. The highest BCUT2D eigenvalue weighted by atomic mass is 32.2. The molecule has 0 aliphatic rings. The van der Waals surface area contributed by atoms with E-state index >= 15 is 0 Å². The Bertz CT molecular complexity index is 612. The molecule has 5 nitrogen and oxygen atoms in total. The predicted molar refractivity (Wildman–Crippen MR) is 100 cm³/mol. The van der Waals surface area contributed by atoms with Crippen molar-refractivity contribution in [2.45, 2.75) is 11.5 Å². The predicted octanol–water partition coefficient (Wildman–Crippen LogP) is 4.00. The first kappa shape index (κ1) is 18.4. The second-order valence-corrected chi connectivity index (χ2v) is 6.38. The van der Waals surface area contributed by atoms with Gasteiger partial charge in [-0.2, -0.15) is 0 Å². The summed E-state index contributed by atoms with van der Waals surface area (Å²) in [4.78, 5) is 11.8. The summed E-state index contributed by atoms with van der Waals surface area (Å²) < 4.78 is 15.9. The fraction of sp³-hybridized carbons (Fsp3) is 0.235. The summed E-state index contributed by atoms with van der Waals surface area (Å²) in [6, 6.07) is 15.3. The largest absolute Gasteiger partial charge is 0.497 e. The number of urea groups is 1. The van der Waals surface area contributed by atoms with Crippen molar-refractivity contribution >= 4 is 29.9 Å². The molecule has 2 amide bonds. The van der Waals surface area contributed by atoms with Crippen molar-refractivity contribution in [2.75, 3.05) is 14.2 Å². The quantitative estimate of drug-likeness (QED) is 0.694. The number of ether oxygens (including phenoxy) is 2. The van der Waals surface area contributed by atoms with E-state index in [9.17, 15) is 4.79 Å². The lowest BCUT2D eigenvalue weighted by Crippen LogP contribution is -2.26. The highest BCUT2D eigenvalue weighted by Gasteiger charge is 2.03. The van der Waals surface area contributed by atoms with Gasteiger partial charge in [-0.05, 0) is 59.3 Å². The Morgan fingerprint density at radius 2 is 1.33 bits per heavy atom. The number of methoxy groups -OCH3 is 2. The van der Waals surface area contributed by atoms with Crippen LogP contribution < -0.4 is 18.9 Å². The zero-order chi connectivity index (χ0) is 17.2. The molecule has 7 heteroatoms. The van der Waals surface area contributed by atoms with Crippen molar-refractivity contribution in [1.82, 2.24) is 9.44 Å². The van der Waals surface area contributed by atoms with Gasteiger partial charge in [0, 0.05) is 11.5 Å². The number of nitrogens with one attached hydrogen (secondary N) is 2. The third kappa shape index (κ3) is 6.25. The second-order valence-electron chi connectivity index (χ2n) is 4.81. The van der Waals surface area contributed by atoms with Crippen molar-refractivity contribution in [2.24, 2.45) is 0 Å². The molecule has 128 valence electrons. The zero-order valence-electron chi connectivity index (χ0n) is 13.6. The van der Waals surface area contributed by atoms with E-state index < -0.39 is 0 Å². The van der Waals surface area contributed by atoms with E-state index in [1.54, 1.807) is 14.2 Å². The maximum Gasteiger partial charge on any atom is 0.334 e. The lowest BCUT2D eigenvalue weighted by atomic mass is 10.2. The topological polar surface area (TPSA) is 59.6 Å². The van der Waals surface area contributed by atoms with Crippen molar-refractivity contribution in [3.63, 3.8) is 0 Å². The minimum Gasteiger partial charge on any atom is -0.497 e. The summed E-state index contributed by atoms with van der Waals surface area (Å²) in [6.07, 6.45) is 0. The number of rotatable bonds is 8. The summed E-state index contributed by atoms with van der Waals surface area (Å²) in [5.74, 6) is 2.97. The molecule has 0 unspecified atom stereocenters. The van der Waals surface area contributed by atoms with Gasteiger partial charge in [-0.25, -0.2) is 4.79 Å². The lowest BCUT2D eigenvalue weighted by Gasteiger charge is -2.08. The maximum atomic E-state index is 11.8. The van der Waals surface area contributed by atoms with E-state index in [-0.39, 0.29) is 6.03 Å². The van der Waals surface area contributed by atoms with Crippen LogP contribution in [0.1, 0.15) is 11.1 Å². The minimum absolute atomic E-state index is 0.226. The number of amides is 2. The van der Waals surface area contributed by atoms with Gasteiger partial charge in [-0.15, -0.1) is 0 Å². The van der Waals surface area contributed by atoms with Crippen molar-refractivity contribution in [3.8, 4) is 11.5 Å². The summed E-state index contributed by atoms with van der Waals surface area (Å²) in [5, 5.41) is 0. The molecule has 0 fully saturated rings. The Balaban J connectivity index is 1.66. The average Bonchev–Trinajstić information content (AvgIpc) is 2.62. The van der Waals surface area contributed by atoms with Crippen LogP contribution in [0.3, 0.4) is 0 Å². The van der Waals surface area contributed by atoms with Gasteiger partial charge in [0.1, 0.15) is 11.5 Å². The molecule has 0 spiro atoms. The molecule has 24 heavy (non-hydrogen) atoms. The first-order valence-electron chi connectivity index (χ1n) is 7.26. The van der Waals surface area contributed by atoms with E-state index in [4.69, 9.17) is 9.47 Å². The van der Waals surface area contributed by atoms with Crippen molar-refractivity contribution < 1.29 is 14.3 Å². The highest BCUT2D eigenvalue weighted by Crippen LogP contribution is 2.17. The average molecular weight is 364 g/mol. The van der Waals surface area contributed by atoms with Crippen LogP contribution in [-0.4, -0.2) is 20.3 Å². The molecule has 2 N–H and O–H groups in total. The molecular weight excluding hydrogens is 344 g/mol. The van der Waals surface area contributed by atoms with Crippen molar-refractivity contribution in [3.05, 3.63) is 59.7 Å². The van der Waals surface area contributed by atoms with Gasteiger partial charge in [0.05, 0.1) is 14.2 Å². The second kappa shape index (κ2) is 10.00. The first-order valence-corrected chi connectivity index (χ1v) is 9.24. The van der Waals surface area contributed by atoms with E-state index in [1.807, 2.05) is 48.5 Å². The van der Waals surface area contributed by atoms with Gasteiger partial charge >= 0.3 is 6.03 Å². The Morgan fingerprint density at radius 1 is 0.875 bits per heavy atom.